The minimum atomic E-state index is -0.808. The molecule has 1 saturated carbocycles. The van der Waals surface area contributed by atoms with E-state index in [1.165, 1.54) is 0 Å². The summed E-state index contributed by atoms with van der Waals surface area (Å²) in [5.41, 5.74) is -0.502. The Kier molecular flexibility index (Phi) is 5.12. The summed E-state index contributed by atoms with van der Waals surface area (Å²) in [4.78, 5) is 22.1. The Hall–Kier alpha value is -1.69. The van der Waals surface area contributed by atoms with Gasteiger partial charge in [-0.3, -0.25) is 14.9 Å². The van der Waals surface area contributed by atoms with Crippen molar-refractivity contribution in [3.8, 4) is 0 Å². The lowest BCUT2D eigenvalue weighted by atomic mass is 10.1. The van der Waals surface area contributed by atoms with Gasteiger partial charge in [0.05, 0.1) is 16.4 Å². The van der Waals surface area contributed by atoms with Gasteiger partial charge in [-0.05, 0) is 18.9 Å². The summed E-state index contributed by atoms with van der Waals surface area (Å²) in [6.45, 7) is 0. The number of nitro benzene ring substituents is 1. The van der Waals surface area contributed by atoms with Crippen molar-refractivity contribution in [3.63, 3.8) is 0 Å². The van der Waals surface area contributed by atoms with Crippen molar-refractivity contribution in [1.82, 2.24) is 5.32 Å². The van der Waals surface area contributed by atoms with Crippen molar-refractivity contribution >= 4 is 23.2 Å². The van der Waals surface area contributed by atoms with Crippen LogP contribution in [0.3, 0.4) is 0 Å². The van der Waals surface area contributed by atoms with Gasteiger partial charge in [0.25, 0.3) is 11.6 Å². The van der Waals surface area contributed by atoms with E-state index in [0.29, 0.717) is 0 Å². The first-order chi connectivity index (χ1) is 9.97. The molecule has 0 saturated heterocycles. The van der Waals surface area contributed by atoms with Gasteiger partial charge >= 0.3 is 0 Å². The van der Waals surface area contributed by atoms with Crippen LogP contribution in [0.15, 0.2) is 18.2 Å². The zero-order chi connectivity index (χ0) is 15.4. The molecular formula is C14H16ClFN2O3. The van der Waals surface area contributed by atoms with E-state index in [1.54, 1.807) is 0 Å². The number of non-ortho nitro benzene ring substituents is 1. The summed E-state index contributed by atoms with van der Waals surface area (Å²) < 4.78 is 13.4. The highest BCUT2D eigenvalue weighted by atomic mass is 35.5. The molecule has 0 aromatic heterocycles. The van der Waals surface area contributed by atoms with Crippen LogP contribution in [0.5, 0.6) is 0 Å². The minimum Gasteiger partial charge on any atom is -0.348 e. The van der Waals surface area contributed by atoms with E-state index in [4.69, 9.17) is 11.6 Å². The number of carbonyl (C=O) groups is 1. The Balaban J connectivity index is 2.14. The molecule has 0 bridgehead atoms. The maximum atomic E-state index is 13.4. The van der Waals surface area contributed by atoms with Crippen LogP contribution in [-0.2, 0) is 0 Å². The molecule has 2 rings (SSSR count). The second-order valence-electron chi connectivity index (χ2n) is 5.19. The second-order valence-corrected chi connectivity index (χ2v) is 5.75. The van der Waals surface area contributed by atoms with Gasteiger partial charge in [0, 0.05) is 17.7 Å². The van der Waals surface area contributed by atoms with E-state index in [9.17, 15) is 19.3 Å². The van der Waals surface area contributed by atoms with Gasteiger partial charge in [0.2, 0.25) is 0 Å². The van der Waals surface area contributed by atoms with Crippen molar-refractivity contribution in [3.05, 3.63) is 39.7 Å². The molecule has 0 spiro atoms. The molecule has 0 aliphatic heterocycles. The topological polar surface area (TPSA) is 72.2 Å². The van der Waals surface area contributed by atoms with Gasteiger partial charge in [0.1, 0.15) is 5.82 Å². The summed E-state index contributed by atoms with van der Waals surface area (Å²) in [6, 6.07) is 2.65. The standard InChI is InChI=1S/C14H16ClFN2O3/c15-12-4-2-1-3-5-13(12)17-14(19)9-6-10(16)8-11(7-9)18(20)21/h6-8,12-13H,1-5H2,(H,17,19). The van der Waals surface area contributed by atoms with E-state index in [0.717, 1.165) is 50.3 Å². The molecule has 21 heavy (non-hydrogen) atoms. The van der Waals surface area contributed by atoms with Gasteiger partial charge in [-0.25, -0.2) is 4.39 Å². The monoisotopic (exact) mass is 314 g/mol. The lowest BCUT2D eigenvalue weighted by Crippen LogP contribution is -2.40. The number of amides is 1. The average molecular weight is 315 g/mol. The highest BCUT2D eigenvalue weighted by Crippen LogP contribution is 2.23. The molecular weight excluding hydrogens is 299 g/mol. The number of nitrogens with one attached hydrogen (secondary N) is 1. The molecule has 1 amide bonds. The van der Waals surface area contributed by atoms with E-state index < -0.39 is 22.3 Å². The smallest absolute Gasteiger partial charge is 0.273 e. The molecule has 1 fully saturated rings. The molecule has 0 heterocycles. The fraction of sp³-hybridized carbons (Fsp3) is 0.500. The van der Waals surface area contributed by atoms with E-state index in [-0.39, 0.29) is 17.0 Å². The molecule has 2 atom stereocenters. The summed E-state index contributed by atoms with van der Waals surface area (Å²) in [6.07, 6.45) is 4.64. The van der Waals surface area contributed by atoms with E-state index in [1.807, 2.05) is 0 Å². The second kappa shape index (κ2) is 6.85. The molecule has 1 aromatic rings. The fourth-order valence-electron chi connectivity index (χ4n) is 2.49. The molecule has 1 aromatic carbocycles. The predicted octanol–water partition coefficient (Wildman–Crippen LogP) is 3.40. The van der Waals surface area contributed by atoms with E-state index in [2.05, 4.69) is 5.32 Å². The van der Waals surface area contributed by atoms with Crippen LogP contribution >= 0.6 is 11.6 Å². The van der Waals surface area contributed by atoms with Crippen molar-refractivity contribution in [2.24, 2.45) is 0 Å². The lowest BCUT2D eigenvalue weighted by molar-refractivity contribution is -0.385. The number of alkyl halides is 1. The number of halogens is 2. The third kappa shape index (κ3) is 4.14. The van der Waals surface area contributed by atoms with Crippen LogP contribution in [0.4, 0.5) is 10.1 Å². The third-order valence-corrected chi connectivity index (χ3v) is 4.13. The summed E-state index contributed by atoms with van der Waals surface area (Å²) in [5, 5.41) is 13.3. The van der Waals surface area contributed by atoms with Crippen LogP contribution in [-0.4, -0.2) is 22.2 Å². The Morgan fingerprint density at radius 1 is 1.29 bits per heavy atom. The number of hydrogen-bond acceptors (Lipinski definition) is 3. The first kappa shape index (κ1) is 15.7. The maximum absolute atomic E-state index is 13.4. The van der Waals surface area contributed by atoms with Gasteiger partial charge in [-0.1, -0.05) is 19.3 Å². The Bertz CT molecular complexity index is 553. The lowest BCUT2D eigenvalue weighted by Gasteiger charge is -2.21. The zero-order valence-corrected chi connectivity index (χ0v) is 12.1. The van der Waals surface area contributed by atoms with Gasteiger partial charge in [-0.15, -0.1) is 11.6 Å². The van der Waals surface area contributed by atoms with Crippen LogP contribution in [0.25, 0.3) is 0 Å². The summed E-state index contributed by atoms with van der Waals surface area (Å²) in [5.74, 6) is -1.34. The fourth-order valence-corrected chi connectivity index (χ4v) is 2.83. The molecule has 114 valence electrons. The quantitative estimate of drug-likeness (QED) is 0.402. The van der Waals surface area contributed by atoms with Crippen LogP contribution in [0.2, 0.25) is 0 Å². The van der Waals surface area contributed by atoms with Gasteiger partial charge < -0.3 is 5.32 Å². The largest absolute Gasteiger partial charge is 0.348 e. The van der Waals surface area contributed by atoms with Gasteiger partial charge in [0.15, 0.2) is 0 Å². The molecule has 1 aliphatic carbocycles. The molecule has 1 aliphatic rings. The van der Waals surface area contributed by atoms with Crippen molar-refractivity contribution in [1.29, 1.82) is 0 Å². The summed E-state index contributed by atoms with van der Waals surface area (Å²) in [7, 11) is 0. The molecule has 0 radical (unpaired) electrons. The average Bonchev–Trinajstić information content (AvgIpc) is 2.63. The van der Waals surface area contributed by atoms with Gasteiger partial charge in [-0.2, -0.15) is 0 Å². The van der Waals surface area contributed by atoms with E-state index >= 15 is 0 Å². The van der Waals surface area contributed by atoms with Crippen LogP contribution in [0.1, 0.15) is 42.5 Å². The van der Waals surface area contributed by atoms with Crippen LogP contribution in [0, 0.1) is 15.9 Å². The Labute approximate surface area is 126 Å². The first-order valence-corrected chi connectivity index (χ1v) is 7.31. The number of hydrogen-bond donors (Lipinski definition) is 1. The highest BCUT2D eigenvalue weighted by molar-refractivity contribution is 6.21. The minimum absolute atomic E-state index is 0.0604. The number of nitro groups is 1. The van der Waals surface area contributed by atoms with Crippen molar-refractivity contribution in [2.75, 3.05) is 0 Å². The molecule has 1 N–H and O–H groups in total. The number of carbonyl (C=O) groups excluding carboxylic acids is 1. The maximum Gasteiger partial charge on any atom is 0.273 e. The Morgan fingerprint density at radius 3 is 2.71 bits per heavy atom. The zero-order valence-electron chi connectivity index (χ0n) is 11.4. The van der Waals surface area contributed by atoms with Crippen molar-refractivity contribution in [2.45, 2.75) is 43.5 Å². The van der Waals surface area contributed by atoms with Crippen LogP contribution < -0.4 is 5.32 Å². The number of benzene rings is 1. The molecule has 5 nitrogen and oxygen atoms in total. The number of rotatable bonds is 3. The van der Waals surface area contributed by atoms with Crippen molar-refractivity contribution < 1.29 is 14.1 Å². The Morgan fingerprint density at radius 2 is 2.00 bits per heavy atom. The SMILES string of the molecule is O=C(NC1CCCCCC1Cl)c1cc(F)cc([N+](=O)[O-])c1. The summed E-state index contributed by atoms with van der Waals surface area (Å²) >= 11 is 6.23. The molecule has 7 heteroatoms. The predicted molar refractivity (Wildman–Crippen MR) is 77.0 cm³/mol. The highest BCUT2D eigenvalue weighted by Gasteiger charge is 2.24. The normalized spacial score (nSPS) is 22.4. The third-order valence-electron chi connectivity index (χ3n) is 3.60. The molecule has 2 unspecified atom stereocenters. The first-order valence-electron chi connectivity index (χ1n) is 6.87. The number of nitrogens with zero attached hydrogens (tertiary/aromatic N) is 1.